The van der Waals surface area contributed by atoms with Gasteiger partial charge >= 0.3 is 6.09 Å². The Morgan fingerprint density at radius 2 is 1.95 bits per heavy atom. The van der Waals surface area contributed by atoms with Crippen molar-refractivity contribution in [3.8, 4) is 28.3 Å². The van der Waals surface area contributed by atoms with Crippen LogP contribution in [0.25, 0.3) is 32.6 Å². The lowest BCUT2D eigenvalue weighted by atomic mass is 9.96. The molecular formula is C32H34FN5O5S. The van der Waals surface area contributed by atoms with Crippen molar-refractivity contribution in [2.24, 2.45) is 0 Å². The minimum Gasteiger partial charge on any atom is -0.490 e. The van der Waals surface area contributed by atoms with Gasteiger partial charge in [0, 0.05) is 35.7 Å². The molecular weight excluding hydrogens is 585 g/mol. The van der Waals surface area contributed by atoms with E-state index in [1.807, 2.05) is 11.4 Å². The van der Waals surface area contributed by atoms with Crippen molar-refractivity contribution in [2.75, 3.05) is 39.5 Å². The molecule has 0 radical (unpaired) electrons. The van der Waals surface area contributed by atoms with E-state index in [4.69, 9.17) is 14.2 Å². The van der Waals surface area contributed by atoms with Gasteiger partial charge in [-0.3, -0.25) is 4.79 Å². The first-order chi connectivity index (χ1) is 21.4. The summed E-state index contributed by atoms with van der Waals surface area (Å²) in [7, 11) is 0. The standard InChI is InChI=1S/C32H34FN5O5S/c1-3-28(39)36-18-20(2)43-32(40)35-11-12-41-13-14-42-27-17-24(33)6-7-25(27)30-31-26(9-15-44-31)29(37-38-30)22-4-5-23-19-34-10-8-21(23)16-22/h3-7,9,15-17,20,34H,1,8,10-14,18-19H2,2H3,(H,35,40)(H,36,39). The zero-order valence-electron chi connectivity index (χ0n) is 24.4. The van der Waals surface area contributed by atoms with E-state index in [0.717, 1.165) is 46.9 Å². The van der Waals surface area contributed by atoms with Crippen LogP contribution in [0.3, 0.4) is 0 Å². The monoisotopic (exact) mass is 619 g/mol. The highest BCUT2D eigenvalue weighted by Gasteiger charge is 2.19. The van der Waals surface area contributed by atoms with Gasteiger partial charge in [-0.1, -0.05) is 18.7 Å². The second-order valence-corrected chi connectivity index (χ2v) is 11.1. The lowest BCUT2D eigenvalue weighted by Gasteiger charge is -2.18. The number of aromatic nitrogens is 2. The van der Waals surface area contributed by atoms with E-state index >= 15 is 0 Å². The van der Waals surface area contributed by atoms with Gasteiger partial charge in [0.2, 0.25) is 5.91 Å². The van der Waals surface area contributed by atoms with Crippen molar-refractivity contribution in [1.29, 1.82) is 0 Å². The highest BCUT2D eigenvalue weighted by atomic mass is 32.1. The van der Waals surface area contributed by atoms with Crippen LogP contribution in [0.15, 0.2) is 60.5 Å². The fraction of sp³-hybridized carbons (Fsp3) is 0.312. The fourth-order valence-corrected chi connectivity index (χ4v) is 5.72. The number of fused-ring (bicyclic) bond motifs is 2. The molecule has 0 saturated carbocycles. The molecule has 1 aliphatic heterocycles. The van der Waals surface area contributed by atoms with Crippen molar-refractivity contribution in [3.05, 3.63) is 77.4 Å². The topological polar surface area (TPSA) is 124 Å². The normalized spacial score (nSPS) is 13.1. The molecule has 2 amide bonds. The predicted molar refractivity (Wildman–Crippen MR) is 167 cm³/mol. The molecule has 2 aromatic carbocycles. The molecule has 1 atom stereocenters. The minimum atomic E-state index is -0.620. The highest BCUT2D eigenvalue weighted by Crippen LogP contribution is 2.39. The summed E-state index contributed by atoms with van der Waals surface area (Å²) in [6.07, 6.45) is 0.991. The summed E-state index contributed by atoms with van der Waals surface area (Å²) in [4.78, 5) is 23.1. The van der Waals surface area contributed by atoms with Crippen LogP contribution < -0.4 is 20.7 Å². The van der Waals surface area contributed by atoms with Crippen LogP contribution in [-0.2, 0) is 27.2 Å². The lowest BCUT2D eigenvalue weighted by molar-refractivity contribution is -0.116. The number of benzene rings is 2. The number of rotatable bonds is 13. The van der Waals surface area contributed by atoms with E-state index in [-0.39, 0.29) is 38.8 Å². The molecule has 3 N–H and O–H groups in total. The maximum absolute atomic E-state index is 14.3. The van der Waals surface area contributed by atoms with Gasteiger partial charge in [-0.15, -0.1) is 21.5 Å². The van der Waals surface area contributed by atoms with Crippen molar-refractivity contribution in [3.63, 3.8) is 0 Å². The number of nitrogens with zero attached hydrogens (tertiary/aromatic N) is 2. The fourth-order valence-electron chi connectivity index (χ4n) is 4.82. The van der Waals surface area contributed by atoms with Gasteiger partial charge in [-0.05, 0) is 66.7 Å². The third-order valence-electron chi connectivity index (χ3n) is 7.01. The van der Waals surface area contributed by atoms with Crippen molar-refractivity contribution < 1.29 is 28.2 Å². The number of nitrogens with one attached hydrogen (secondary N) is 3. The van der Waals surface area contributed by atoms with Crippen LogP contribution in [0.2, 0.25) is 0 Å². The number of thiophene rings is 1. The van der Waals surface area contributed by atoms with E-state index in [9.17, 15) is 14.0 Å². The summed E-state index contributed by atoms with van der Waals surface area (Å²) in [6, 6.07) is 12.8. The maximum atomic E-state index is 14.3. The first kappa shape index (κ1) is 31.0. The molecule has 0 bridgehead atoms. The molecule has 12 heteroatoms. The Bertz CT molecular complexity index is 1640. The quantitative estimate of drug-likeness (QED) is 0.146. The largest absolute Gasteiger partial charge is 0.490 e. The molecule has 10 nitrogen and oxygen atoms in total. The van der Waals surface area contributed by atoms with E-state index in [0.29, 0.717) is 17.0 Å². The number of alkyl carbamates (subject to hydrolysis) is 1. The van der Waals surface area contributed by atoms with Crippen LogP contribution in [0.1, 0.15) is 18.1 Å². The Labute approximate surface area is 258 Å². The Balaban J connectivity index is 1.17. The van der Waals surface area contributed by atoms with Crippen molar-refractivity contribution in [1.82, 2.24) is 26.1 Å². The zero-order chi connectivity index (χ0) is 30.9. The second-order valence-electron chi connectivity index (χ2n) is 10.2. The SMILES string of the molecule is C=CC(=O)NCC(C)OC(=O)NCCOCCOc1cc(F)ccc1-c1nnc(-c2ccc3c(c2)CCNC3)c2ccsc12. The molecule has 0 spiro atoms. The molecule has 1 unspecified atom stereocenters. The lowest BCUT2D eigenvalue weighted by Crippen LogP contribution is -2.36. The first-order valence-electron chi connectivity index (χ1n) is 14.3. The Morgan fingerprint density at radius 3 is 2.82 bits per heavy atom. The Hall–Kier alpha value is -4.39. The highest BCUT2D eigenvalue weighted by molar-refractivity contribution is 7.17. The number of halogens is 1. The molecule has 4 aromatic rings. The second kappa shape index (κ2) is 14.9. The van der Waals surface area contributed by atoms with Crippen LogP contribution in [-0.4, -0.2) is 67.8 Å². The molecule has 1 aliphatic rings. The third-order valence-corrected chi connectivity index (χ3v) is 7.93. The number of hydrogen-bond acceptors (Lipinski definition) is 9. The molecule has 0 aliphatic carbocycles. The van der Waals surface area contributed by atoms with Crippen molar-refractivity contribution >= 4 is 33.4 Å². The molecule has 0 fully saturated rings. The van der Waals surface area contributed by atoms with Gasteiger partial charge < -0.3 is 30.2 Å². The number of ether oxygens (including phenoxy) is 3. The molecule has 5 rings (SSSR count). The third kappa shape index (κ3) is 7.76. The van der Waals surface area contributed by atoms with Gasteiger partial charge in [0.1, 0.15) is 35.7 Å². The van der Waals surface area contributed by atoms with E-state index in [2.05, 4.69) is 50.9 Å². The van der Waals surface area contributed by atoms with Crippen LogP contribution in [0.5, 0.6) is 5.75 Å². The van der Waals surface area contributed by atoms with Gasteiger partial charge in [-0.25, -0.2) is 9.18 Å². The van der Waals surface area contributed by atoms with E-state index in [1.165, 1.54) is 23.3 Å². The average molecular weight is 620 g/mol. The van der Waals surface area contributed by atoms with Crippen LogP contribution in [0.4, 0.5) is 9.18 Å². The number of amides is 2. The first-order valence-corrected chi connectivity index (χ1v) is 15.2. The summed E-state index contributed by atoms with van der Waals surface area (Å²) in [5.74, 6) is -0.432. The molecule has 2 aromatic heterocycles. The Morgan fingerprint density at radius 1 is 1.09 bits per heavy atom. The molecule has 0 saturated heterocycles. The minimum absolute atomic E-state index is 0.157. The van der Waals surface area contributed by atoms with Crippen LogP contribution >= 0.6 is 11.3 Å². The maximum Gasteiger partial charge on any atom is 0.407 e. The average Bonchev–Trinajstić information content (AvgIpc) is 3.53. The number of carbonyl (C=O) groups excluding carboxylic acids is 2. The Kier molecular flexibility index (Phi) is 10.5. The van der Waals surface area contributed by atoms with E-state index in [1.54, 1.807) is 24.3 Å². The van der Waals surface area contributed by atoms with Gasteiger partial charge in [-0.2, -0.15) is 0 Å². The van der Waals surface area contributed by atoms with Gasteiger partial charge in [0.15, 0.2) is 0 Å². The smallest absolute Gasteiger partial charge is 0.407 e. The summed E-state index contributed by atoms with van der Waals surface area (Å²) in [5.41, 5.74) is 5.73. The van der Waals surface area contributed by atoms with E-state index < -0.39 is 18.0 Å². The van der Waals surface area contributed by atoms with Crippen LogP contribution in [0, 0.1) is 5.82 Å². The summed E-state index contributed by atoms with van der Waals surface area (Å²) < 4.78 is 31.8. The summed E-state index contributed by atoms with van der Waals surface area (Å²) in [5, 5.41) is 20.7. The van der Waals surface area contributed by atoms with Gasteiger partial charge in [0.25, 0.3) is 0 Å². The predicted octanol–water partition coefficient (Wildman–Crippen LogP) is 4.62. The summed E-state index contributed by atoms with van der Waals surface area (Å²) >= 11 is 1.55. The zero-order valence-corrected chi connectivity index (χ0v) is 25.2. The molecule has 44 heavy (non-hydrogen) atoms. The molecule has 3 heterocycles. The van der Waals surface area contributed by atoms with Gasteiger partial charge in [0.05, 0.1) is 24.5 Å². The molecule has 230 valence electrons. The summed E-state index contributed by atoms with van der Waals surface area (Å²) in [6.45, 7) is 7.83. The number of carbonyl (C=O) groups is 2. The number of hydrogen-bond donors (Lipinski definition) is 3. The van der Waals surface area contributed by atoms with Crippen molar-refractivity contribution in [2.45, 2.75) is 26.0 Å².